The van der Waals surface area contributed by atoms with Crippen LogP contribution in [0.2, 0.25) is 0 Å². The molecule has 0 aliphatic carbocycles. The average molecular weight is 347 g/mol. The zero-order chi connectivity index (χ0) is 17.3. The number of fused-ring (bicyclic) bond motifs is 1. The molecule has 0 radical (unpaired) electrons. The van der Waals surface area contributed by atoms with E-state index in [1.54, 1.807) is 42.1 Å². The molecule has 126 valence electrons. The molecule has 1 aromatic carbocycles. The van der Waals surface area contributed by atoms with Crippen molar-refractivity contribution in [3.05, 3.63) is 54.1 Å². The maximum absolute atomic E-state index is 13.9. The Balaban J connectivity index is 2.10. The topological polar surface area (TPSA) is 64.0 Å². The number of aryl methyl sites for hydroxylation is 2. The van der Waals surface area contributed by atoms with Gasteiger partial charge in [-0.2, -0.15) is 0 Å². The van der Waals surface area contributed by atoms with Crippen LogP contribution in [0.3, 0.4) is 0 Å². The van der Waals surface area contributed by atoms with E-state index >= 15 is 0 Å². The Morgan fingerprint density at radius 3 is 2.83 bits per heavy atom. The van der Waals surface area contributed by atoms with Crippen LogP contribution in [-0.2, 0) is 16.6 Å². The van der Waals surface area contributed by atoms with Gasteiger partial charge in [0.2, 0.25) is 0 Å². The molecular formula is C17H18FN3O2S. The molecule has 24 heavy (non-hydrogen) atoms. The second-order valence-corrected chi connectivity index (χ2v) is 7.30. The molecule has 3 rings (SSSR count). The standard InChI is InChI=1S/C17H18FN3O2S/c1-3-9-21-11-16(13-5-4-8-19-17(13)21)24(22,23)20-15-10-12(2)6-7-14(15)18/h4-8,10-11,20H,3,9H2,1-2H3. The number of benzene rings is 1. The zero-order valence-corrected chi connectivity index (χ0v) is 14.3. The quantitative estimate of drug-likeness (QED) is 0.765. The summed E-state index contributed by atoms with van der Waals surface area (Å²) >= 11 is 0. The number of anilines is 1. The van der Waals surface area contributed by atoms with Crippen LogP contribution in [0.1, 0.15) is 18.9 Å². The molecule has 7 heteroatoms. The van der Waals surface area contributed by atoms with Gasteiger partial charge in [-0.1, -0.05) is 13.0 Å². The highest BCUT2D eigenvalue weighted by Crippen LogP contribution is 2.27. The summed E-state index contributed by atoms with van der Waals surface area (Å²) in [5.74, 6) is -0.611. The predicted molar refractivity (Wildman–Crippen MR) is 92.0 cm³/mol. The summed E-state index contributed by atoms with van der Waals surface area (Å²) in [7, 11) is -3.93. The summed E-state index contributed by atoms with van der Waals surface area (Å²) in [6.07, 6.45) is 4.02. The monoisotopic (exact) mass is 347 g/mol. The molecule has 0 aliphatic heterocycles. The first kappa shape index (κ1) is 16.4. The summed E-state index contributed by atoms with van der Waals surface area (Å²) in [5, 5.41) is 0.520. The van der Waals surface area contributed by atoms with Gasteiger partial charge in [0, 0.05) is 24.3 Å². The van der Waals surface area contributed by atoms with Crippen molar-refractivity contribution in [3.63, 3.8) is 0 Å². The van der Waals surface area contributed by atoms with E-state index in [4.69, 9.17) is 0 Å². The molecule has 1 N–H and O–H groups in total. The number of hydrogen-bond donors (Lipinski definition) is 1. The van der Waals surface area contributed by atoms with Gasteiger partial charge in [-0.05, 0) is 43.2 Å². The van der Waals surface area contributed by atoms with Gasteiger partial charge in [0.05, 0.1) is 5.69 Å². The number of pyridine rings is 1. The van der Waals surface area contributed by atoms with Crippen LogP contribution in [0.5, 0.6) is 0 Å². The lowest BCUT2D eigenvalue weighted by molar-refractivity contribution is 0.598. The van der Waals surface area contributed by atoms with Crippen molar-refractivity contribution in [2.45, 2.75) is 31.7 Å². The van der Waals surface area contributed by atoms with Crippen molar-refractivity contribution in [1.29, 1.82) is 0 Å². The largest absolute Gasteiger partial charge is 0.331 e. The minimum atomic E-state index is -3.93. The average Bonchev–Trinajstić information content (AvgIpc) is 2.91. The van der Waals surface area contributed by atoms with Crippen LogP contribution < -0.4 is 4.72 Å². The van der Waals surface area contributed by atoms with Crippen LogP contribution in [0, 0.1) is 12.7 Å². The van der Waals surface area contributed by atoms with Gasteiger partial charge in [-0.25, -0.2) is 17.8 Å². The first-order valence-corrected chi connectivity index (χ1v) is 9.13. The first-order chi connectivity index (χ1) is 11.4. The lowest BCUT2D eigenvalue weighted by Gasteiger charge is -2.09. The van der Waals surface area contributed by atoms with Gasteiger partial charge >= 0.3 is 0 Å². The Morgan fingerprint density at radius 2 is 2.08 bits per heavy atom. The van der Waals surface area contributed by atoms with E-state index in [9.17, 15) is 12.8 Å². The number of hydrogen-bond acceptors (Lipinski definition) is 3. The second kappa shape index (κ2) is 6.24. The van der Waals surface area contributed by atoms with Gasteiger partial charge in [0.25, 0.3) is 10.0 Å². The Morgan fingerprint density at radius 1 is 1.29 bits per heavy atom. The van der Waals surface area contributed by atoms with Crippen molar-refractivity contribution in [2.24, 2.45) is 0 Å². The number of rotatable bonds is 5. The van der Waals surface area contributed by atoms with Gasteiger partial charge < -0.3 is 4.57 Å². The van der Waals surface area contributed by atoms with Crippen molar-refractivity contribution < 1.29 is 12.8 Å². The molecule has 0 bridgehead atoms. The van der Waals surface area contributed by atoms with Crippen LogP contribution in [0.15, 0.2) is 47.6 Å². The van der Waals surface area contributed by atoms with E-state index in [2.05, 4.69) is 9.71 Å². The minimum Gasteiger partial charge on any atom is -0.331 e. The zero-order valence-electron chi connectivity index (χ0n) is 13.5. The SMILES string of the molecule is CCCn1cc(S(=O)(=O)Nc2cc(C)ccc2F)c2cccnc21. The third kappa shape index (κ3) is 2.99. The Bertz CT molecular complexity index is 996. The second-order valence-electron chi connectivity index (χ2n) is 5.65. The molecule has 0 saturated heterocycles. The van der Waals surface area contributed by atoms with E-state index in [0.717, 1.165) is 12.0 Å². The fourth-order valence-corrected chi connectivity index (χ4v) is 3.90. The minimum absolute atomic E-state index is 0.0599. The predicted octanol–water partition coefficient (Wildman–Crippen LogP) is 3.69. The van der Waals surface area contributed by atoms with Crippen molar-refractivity contribution in [1.82, 2.24) is 9.55 Å². The van der Waals surface area contributed by atoms with Gasteiger partial charge in [0.15, 0.2) is 0 Å². The van der Waals surface area contributed by atoms with E-state index in [1.165, 1.54) is 12.1 Å². The molecule has 0 aliphatic rings. The maximum Gasteiger partial charge on any atom is 0.264 e. The molecule has 0 amide bonds. The van der Waals surface area contributed by atoms with Crippen molar-refractivity contribution >= 4 is 26.7 Å². The fourth-order valence-electron chi connectivity index (χ4n) is 2.63. The molecule has 0 spiro atoms. The Labute approximate surface area is 140 Å². The smallest absolute Gasteiger partial charge is 0.264 e. The third-order valence-corrected chi connectivity index (χ3v) is 5.11. The molecule has 2 heterocycles. The highest BCUT2D eigenvalue weighted by Gasteiger charge is 2.22. The van der Waals surface area contributed by atoms with Gasteiger partial charge in [0.1, 0.15) is 16.4 Å². The molecule has 0 unspecified atom stereocenters. The lowest BCUT2D eigenvalue weighted by Crippen LogP contribution is -2.14. The number of nitrogens with zero attached hydrogens (tertiary/aromatic N) is 2. The van der Waals surface area contributed by atoms with E-state index in [1.807, 2.05) is 6.92 Å². The molecule has 0 atom stereocenters. The normalized spacial score (nSPS) is 11.8. The molecule has 0 saturated carbocycles. The fraction of sp³-hybridized carbons (Fsp3) is 0.235. The van der Waals surface area contributed by atoms with Crippen LogP contribution in [0.25, 0.3) is 11.0 Å². The summed E-state index contributed by atoms with van der Waals surface area (Å²) in [5.41, 5.74) is 1.31. The molecule has 5 nitrogen and oxygen atoms in total. The summed E-state index contributed by atoms with van der Waals surface area (Å²) in [4.78, 5) is 4.37. The van der Waals surface area contributed by atoms with Crippen molar-refractivity contribution in [2.75, 3.05) is 4.72 Å². The number of halogens is 1. The number of aromatic nitrogens is 2. The lowest BCUT2D eigenvalue weighted by atomic mass is 10.2. The summed E-state index contributed by atoms with van der Waals surface area (Å²) in [6.45, 7) is 4.43. The van der Waals surface area contributed by atoms with Crippen LogP contribution in [-0.4, -0.2) is 18.0 Å². The van der Waals surface area contributed by atoms with Crippen LogP contribution in [0.4, 0.5) is 10.1 Å². The third-order valence-electron chi connectivity index (χ3n) is 3.72. The molecule has 3 aromatic rings. The van der Waals surface area contributed by atoms with E-state index < -0.39 is 15.8 Å². The summed E-state index contributed by atoms with van der Waals surface area (Å²) in [6, 6.07) is 7.69. The van der Waals surface area contributed by atoms with E-state index in [0.29, 0.717) is 17.6 Å². The van der Waals surface area contributed by atoms with Gasteiger partial charge in [-0.15, -0.1) is 0 Å². The van der Waals surface area contributed by atoms with Crippen LogP contribution >= 0.6 is 0 Å². The number of nitrogens with one attached hydrogen (secondary N) is 1. The van der Waals surface area contributed by atoms with Crippen molar-refractivity contribution in [3.8, 4) is 0 Å². The Kier molecular flexibility index (Phi) is 4.28. The molecular weight excluding hydrogens is 329 g/mol. The Hall–Kier alpha value is -2.41. The summed E-state index contributed by atoms with van der Waals surface area (Å²) < 4.78 is 43.6. The highest BCUT2D eigenvalue weighted by atomic mass is 32.2. The van der Waals surface area contributed by atoms with E-state index in [-0.39, 0.29) is 10.6 Å². The molecule has 2 aromatic heterocycles. The van der Waals surface area contributed by atoms with Gasteiger partial charge in [-0.3, -0.25) is 4.72 Å². The molecule has 0 fully saturated rings. The maximum atomic E-state index is 13.9. The highest BCUT2D eigenvalue weighted by molar-refractivity contribution is 7.93. The first-order valence-electron chi connectivity index (χ1n) is 7.65. The number of sulfonamides is 1.